The Kier molecular flexibility index (Phi) is 8.36. The topological polar surface area (TPSA) is 70.2 Å². The van der Waals surface area contributed by atoms with Gasteiger partial charge in [-0.05, 0) is 79.1 Å². The molecule has 40 heavy (non-hydrogen) atoms. The number of rotatable bonds is 9. The van der Waals surface area contributed by atoms with Gasteiger partial charge in [-0.15, -0.1) is 0 Å². The minimum atomic E-state index is -0.513. The van der Waals surface area contributed by atoms with Crippen LogP contribution in [0.1, 0.15) is 36.2 Å². The molecule has 1 unspecified atom stereocenters. The number of halogens is 2. The predicted octanol–water partition coefficient (Wildman–Crippen LogP) is 7.33. The summed E-state index contributed by atoms with van der Waals surface area (Å²) in [6, 6.07) is 18.5. The summed E-state index contributed by atoms with van der Waals surface area (Å²) >= 11 is 6.31. The zero-order valence-corrected chi connectivity index (χ0v) is 22.9. The first kappa shape index (κ1) is 27.3. The van der Waals surface area contributed by atoms with Crippen LogP contribution in [0, 0.1) is 5.82 Å². The predicted molar refractivity (Wildman–Crippen MR) is 156 cm³/mol. The van der Waals surface area contributed by atoms with E-state index >= 15 is 0 Å². The van der Waals surface area contributed by atoms with Crippen LogP contribution in [0.3, 0.4) is 0 Å². The Morgan fingerprint density at radius 1 is 1.18 bits per heavy atom. The summed E-state index contributed by atoms with van der Waals surface area (Å²) in [5.41, 5.74) is 3.88. The average Bonchev–Trinajstić information content (AvgIpc) is 3.33. The highest BCUT2D eigenvalue weighted by Crippen LogP contribution is 2.40. The molecule has 5 rings (SSSR count). The fourth-order valence-electron chi connectivity index (χ4n) is 4.99. The van der Waals surface area contributed by atoms with Gasteiger partial charge in [0.1, 0.15) is 23.4 Å². The van der Waals surface area contributed by atoms with Gasteiger partial charge in [0.25, 0.3) is 0 Å². The van der Waals surface area contributed by atoms with E-state index in [4.69, 9.17) is 21.1 Å². The van der Waals surface area contributed by atoms with Crippen molar-refractivity contribution in [1.29, 1.82) is 0 Å². The van der Waals surface area contributed by atoms with E-state index in [2.05, 4.69) is 16.8 Å². The second-order valence-electron chi connectivity index (χ2n) is 9.43. The van der Waals surface area contributed by atoms with Crippen molar-refractivity contribution < 1.29 is 18.7 Å². The van der Waals surface area contributed by atoms with Gasteiger partial charge in [0, 0.05) is 54.0 Å². The number of carbonyl (C=O) groups is 1. The second-order valence-corrected chi connectivity index (χ2v) is 9.87. The maximum atomic E-state index is 13.4. The van der Waals surface area contributed by atoms with Gasteiger partial charge >= 0.3 is 6.09 Å². The molecule has 3 aromatic carbocycles. The third kappa shape index (κ3) is 5.97. The normalized spacial score (nSPS) is 14.8. The molecule has 9 heteroatoms. The molecule has 1 N–H and O–H groups in total. The van der Waals surface area contributed by atoms with Gasteiger partial charge in [-0.3, -0.25) is 9.91 Å². The van der Waals surface area contributed by atoms with E-state index in [0.717, 1.165) is 39.9 Å². The highest BCUT2D eigenvalue weighted by Gasteiger charge is 2.35. The first-order valence-corrected chi connectivity index (χ1v) is 13.5. The molecule has 0 radical (unpaired) electrons. The van der Waals surface area contributed by atoms with Crippen molar-refractivity contribution in [2.75, 3.05) is 19.7 Å². The summed E-state index contributed by atoms with van der Waals surface area (Å²) in [6.45, 7) is 7.17. The average molecular weight is 561 g/mol. The van der Waals surface area contributed by atoms with Crippen molar-refractivity contribution >= 4 is 35.3 Å². The number of hydrazone groups is 1. The number of benzene rings is 3. The van der Waals surface area contributed by atoms with Crippen LogP contribution in [0.4, 0.5) is 9.18 Å². The lowest BCUT2D eigenvalue weighted by molar-refractivity contribution is 0.135. The Bertz CT molecular complexity index is 1520. The summed E-state index contributed by atoms with van der Waals surface area (Å²) in [5.74, 6) is 0.613. The molecule has 206 valence electrons. The Morgan fingerprint density at radius 3 is 2.65 bits per heavy atom. The van der Waals surface area contributed by atoms with Gasteiger partial charge in [-0.1, -0.05) is 29.8 Å². The van der Waals surface area contributed by atoms with Crippen molar-refractivity contribution in [1.82, 2.24) is 14.9 Å². The number of allylic oxidation sites excluding steroid dienone is 1. The molecule has 1 aromatic heterocycles. The van der Waals surface area contributed by atoms with Gasteiger partial charge in [0.2, 0.25) is 0 Å². The van der Waals surface area contributed by atoms with Crippen molar-refractivity contribution in [3.8, 4) is 11.5 Å². The summed E-state index contributed by atoms with van der Waals surface area (Å²) in [6.07, 6.45) is 4.67. The summed E-state index contributed by atoms with van der Waals surface area (Å²) in [5, 5.41) is 7.41. The fourth-order valence-corrected chi connectivity index (χ4v) is 5.17. The smallest absolute Gasteiger partial charge is 0.416 e. The van der Waals surface area contributed by atoms with Crippen LogP contribution in [-0.2, 0) is 6.42 Å². The monoisotopic (exact) mass is 560 g/mol. The van der Waals surface area contributed by atoms with Crippen LogP contribution in [0.2, 0.25) is 5.02 Å². The Labute approximate surface area is 237 Å². The molecule has 1 amide bonds. The summed E-state index contributed by atoms with van der Waals surface area (Å²) < 4.78 is 25.0. The van der Waals surface area contributed by atoms with Crippen LogP contribution >= 0.6 is 11.6 Å². The maximum Gasteiger partial charge on any atom is 0.416 e. The molecule has 1 atom stereocenters. The van der Waals surface area contributed by atoms with E-state index < -0.39 is 18.0 Å². The number of H-pyrrole nitrogens is 1. The lowest BCUT2D eigenvalue weighted by Crippen LogP contribution is -2.42. The summed E-state index contributed by atoms with van der Waals surface area (Å²) in [4.78, 5) is 18.6. The van der Waals surface area contributed by atoms with Gasteiger partial charge in [-0.25, -0.2) is 9.18 Å². The standard InChI is InChI=1S/C31H30ClFN4O3/c1-3-16-36(34-2)17-4-19-39-24-10-5-21(6-11-24)30-29-26(27-20-22(32)7-14-28(27)35-29)15-18-37(30)31(38)40-25-12-8-23(33)9-13-25/h3,5-14,16,20,30,35H,2,4,15,17-19H2,1H3/b16-3-. The number of nitrogens with zero attached hydrogens (tertiary/aromatic N) is 3. The molecular weight excluding hydrogens is 531 g/mol. The van der Waals surface area contributed by atoms with Gasteiger partial charge < -0.3 is 14.5 Å². The van der Waals surface area contributed by atoms with E-state index in [9.17, 15) is 9.18 Å². The SMILES string of the molecule is C=NN(/C=C\C)CCCOc1ccc(C2c3[nH]c4ccc(Cl)cc4c3CCN2C(=O)Oc2ccc(F)cc2)cc1. The molecular formula is C31H30ClFN4O3. The lowest BCUT2D eigenvalue weighted by atomic mass is 9.92. The van der Waals surface area contributed by atoms with Crippen molar-refractivity contribution in [2.45, 2.75) is 25.8 Å². The minimum Gasteiger partial charge on any atom is -0.494 e. The molecule has 0 fully saturated rings. The van der Waals surface area contributed by atoms with Crippen LogP contribution in [0.15, 0.2) is 84.1 Å². The molecule has 1 aliphatic heterocycles. The van der Waals surface area contributed by atoms with E-state index in [1.807, 2.05) is 61.7 Å². The van der Waals surface area contributed by atoms with Gasteiger partial charge in [-0.2, -0.15) is 5.10 Å². The largest absolute Gasteiger partial charge is 0.494 e. The van der Waals surface area contributed by atoms with E-state index in [-0.39, 0.29) is 5.75 Å². The molecule has 2 heterocycles. The number of hydrogen-bond donors (Lipinski definition) is 1. The third-order valence-electron chi connectivity index (χ3n) is 6.84. The fraction of sp³-hybridized carbons (Fsp3) is 0.226. The molecule has 1 aliphatic rings. The number of aromatic nitrogens is 1. The molecule has 7 nitrogen and oxygen atoms in total. The molecule has 0 bridgehead atoms. The Hall–Kier alpha value is -4.30. The number of hydrogen-bond acceptors (Lipinski definition) is 5. The first-order chi connectivity index (χ1) is 19.5. The first-order valence-electron chi connectivity index (χ1n) is 13.1. The Balaban J connectivity index is 1.39. The third-order valence-corrected chi connectivity index (χ3v) is 7.08. The zero-order valence-electron chi connectivity index (χ0n) is 22.1. The van der Waals surface area contributed by atoms with Crippen molar-refractivity contribution in [3.05, 3.63) is 107 Å². The number of nitrogens with one attached hydrogen (secondary N) is 1. The highest BCUT2D eigenvalue weighted by atomic mass is 35.5. The van der Waals surface area contributed by atoms with Crippen molar-refractivity contribution in [2.24, 2.45) is 5.10 Å². The van der Waals surface area contributed by atoms with Crippen LogP contribution in [-0.4, -0.2) is 47.4 Å². The molecule has 0 saturated carbocycles. The lowest BCUT2D eigenvalue weighted by Gasteiger charge is -2.35. The van der Waals surface area contributed by atoms with Crippen LogP contribution < -0.4 is 9.47 Å². The Morgan fingerprint density at radius 2 is 1.93 bits per heavy atom. The minimum absolute atomic E-state index is 0.280. The quantitative estimate of drug-likeness (QED) is 0.132. The molecule has 0 spiro atoms. The van der Waals surface area contributed by atoms with E-state index in [1.165, 1.54) is 24.3 Å². The number of fused-ring (bicyclic) bond motifs is 3. The van der Waals surface area contributed by atoms with Crippen LogP contribution in [0.25, 0.3) is 10.9 Å². The zero-order chi connectivity index (χ0) is 28.1. The van der Waals surface area contributed by atoms with Gasteiger partial charge in [0.05, 0.1) is 6.61 Å². The van der Waals surface area contributed by atoms with Gasteiger partial charge in [0.15, 0.2) is 0 Å². The second kappa shape index (κ2) is 12.3. The molecule has 0 saturated heterocycles. The van der Waals surface area contributed by atoms with Crippen molar-refractivity contribution in [3.63, 3.8) is 0 Å². The number of aromatic amines is 1. The highest BCUT2D eigenvalue weighted by molar-refractivity contribution is 6.31. The molecule has 4 aromatic rings. The maximum absolute atomic E-state index is 13.4. The molecule has 0 aliphatic carbocycles. The van der Waals surface area contributed by atoms with E-state index in [0.29, 0.717) is 31.1 Å². The number of ether oxygens (including phenoxy) is 2. The van der Waals surface area contributed by atoms with Crippen LogP contribution in [0.5, 0.6) is 11.5 Å². The number of amides is 1. The summed E-state index contributed by atoms with van der Waals surface area (Å²) in [7, 11) is 0. The van der Waals surface area contributed by atoms with E-state index in [1.54, 1.807) is 9.91 Å². The number of carbonyl (C=O) groups excluding carboxylic acids is 1.